The molecule has 0 radical (unpaired) electrons. The van der Waals surface area contributed by atoms with E-state index in [1.165, 1.54) is 74.7 Å². The molecule has 2 heteroatoms. The van der Waals surface area contributed by atoms with Gasteiger partial charge in [0.1, 0.15) is 0 Å². The summed E-state index contributed by atoms with van der Waals surface area (Å²) in [5.74, 6) is 0. The fraction of sp³-hybridized carbons (Fsp3) is 0.667. The SMILES string of the molecule is CN1CCc2cc(CNC3CCCCCCC3)ccc21. The Hall–Kier alpha value is -1.02. The van der Waals surface area contributed by atoms with Crippen LogP contribution in [-0.2, 0) is 13.0 Å². The lowest BCUT2D eigenvalue weighted by Crippen LogP contribution is -2.29. The van der Waals surface area contributed by atoms with Crippen LogP contribution in [0.25, 0.3) is 0 Å². The molecule has 0 bridgehead atoms. The minimum absolute atomic E-state index is 0.742. The molecule has 1 aromatic carbocycles. The largest absolute Gasteiger partial charge is 0.374 e. The van der Waals surface area contributed by atoms with Gasteiger partial charge in [0.15, 0.2) is 0 Å². The highest BCUT2D eigenvalue weighted by Crippen LogP contribution is 2.27. The van der Waals surface area contributed by atoms with Gasteiger partial charge in [0.05, 0.1) is 0 Å². The maximum absolute atomic E-state index is 3.79. The fourth-order valence-electron chi connectivity index (χ4n) is 3.65. The van der Waals surface area contributed by atoms with Crippen LogP contribution >= 0.6 is 0 Å². The van der Waals surface area contributed by atoms with E-state index in [0.717, 1.165) is 12.6 Å². The van der Waals surface area contributed by atoms with Crippen molar-refractivity contribution < 1.29 is 0 Å². The zero-order valence-corrected chi connectivity index (χ0v) is 12.8. The number of rotatable bonds is 3. The van der Waals surface area contributed by atoms with E-state index >= 15 is 0 Å². The van der Waals surface area contributed by atoms with Crippen LogP contribution in [0.5, 0.6) is 0 Å². The van der Waals surface area contributed by atoms with Gasteiger partial charge in [0.25, 0.3) is 0 Å². The van der Waals surface area contributed by atoms with Crippen molar-refractivity contribution in [2.75, 3.05) is 18.5 Å². The predicted octanol–water partition coefficient (Wildman–Crippen LogP) is 3.88. The van der Waals surface area contributed by atoms with Crippen molar-refractivity contribution in [3.8, 4) is 0 Å². The van der Waals surface area contributed by atoms with E-state index in [-0.39, 0.29) is 0 Å². The fourth-order valence-corrected chi connectivity index (χ4v) is 3.65. The summed E-state index contributed by atoms with van der Waals surface area (Å²) in [6.07, 6.45) is 11.1. The summed E-state index contributed by atoms with van der Waals surface area (Å²) in [5, 5.41) is 3.79. The third kappa shape index (κ3) is 3.35. The number of hydrogen-bond acceptors (Lipinski definition) is 2. The number of hydrogen-bond donors (Lipinski definition) is 1. The van der Waals surface area contributed by atoms with Crippen LogP contribution in [0.1, 0.15) is 56.1 Å². The number of anilines is 1. The van der Waals surface area contributed by atoms with Crippen LogP contribution < -0.4 is 10.2 Å². The van der Waals surface area contributed by atoms with Crippen molar-refractivity contribution >= 4 is 5.69 Å². The molecule has 3 rings (SSSR count). The Balaban J connectivity index is 1.55. The topological polar surface area (TPSA) is 15.3 Å². The summed E-state index contributed by atoms with van der Waals surface area (Å²) >= 11 is 0. The smallest absolute Gasteiger partial charge is 0.0397 e. The van der Waals surface area contributed by atoms with Gasteiger partial charge in [-0.3, -0.25) is 0 Å². The molecule has 0 aromatic heterocycles. The highest BCUT2D eigenvalue weighted by Gasteiger charge is 2.16. The second-order valence-corrected chi connectivity index (χ2v) is 6.56. The highest BCUT2D eigenvalue weighted by molar-refractivity contribution is 5.58. The van der Waals surface area contributed by atoms with Gasteiger partial charge < -0.3 is 10.2 Å². The molecule has 2 aliphatic rings. The van der Waals surface area contributed by atoms with Crippen molar-refractivity contribution in [3.63, 3.8) is 0 Å². The second kappa shape index (κ2) is 6.62. The summed E-state index contributed by atoms with van der Waals surface area (Å²) in [6.45, 7) is 2.22. The minimum Gasteiger partial charge on any atom is -0.374 e. The lowest BCUT2D eigenvalue weighted by molar-refractivity contribution is 0.389. The van der Waals surface area contributed by atoms with Crippen molar-refractivity contribution in [1.82, 2.24) is 5.32 Å². The van der Waals surface area contributed by atoms with Crippen LogP contribution in [0.4, 0.5) is 5.69 Å². The Morgan fingerprint density at radius 1 is 1.10 bits per heavy atom. The molecule has 0 unspecified atom stereocenters. The molecule has 0 spiro atoms. The molecular formula is C18H28N2. The van der Waals surface area contributed by atoms with Crippen LogP contribution in [0.3, 0.4) is 0 Å². The number of nitrogens with zero attached hydrogens (tertiary/aromatic N) is 1. The monoisotopic (exact) mass is 272 g/mol. The number of fused-ring (bicyclic) bond motifs is 1. The second-order valence-electron chi connectivity index (χ2n) is 6.56. The average molecular weight is 272 g/mol. The van der Waals surface area contributed by atoms with E-state index in [4.69, 9.17) is 0 Å². The van der Waals surface area contributed by atoms with E-state index in [0.29, 0.717) is 0 Å². The number of benzene rings is 1. The molecule has 1 saturated carbocycles. The predicted molar refractivity (Wildman–Crippen MR) is 86.4 cm³/mol. The Bertz CT molecular complexity index is 433. The highest BCUT2D eigenvalue weighted by atomic mass is 15.1. The Kier molecular flexibility index (Phi) is 4.62. The first-order chi connectivity index (χ1) is 9.83. The van der Waals surface area contributed by atoms with Gasteiger partial charge in [-0.2, -0.15) is 0 Å². The molecular weight excluding hydrogens is 244 g/mol. The zero-order valence-electron chi connectivity index (χ0n) is 12.8. The molecule has 1 N–H and O–H groups in total. The lowest BCUT2D eigenvalue weighted by Gasteiger charge is -2.21. The Morgan fingerprint density at radius 2 is 1.85 bits per heavy atom. The molecule has 1 heterocycles. The maximum Gasteiger partial charge on any atom is 0.0397 e. The lowest BCUT2D eigenvalue weighted by atomic mass is 9.96. The van der Waals surface area contributed by atoms with Gasteiger partial charge in [0.2, 0.25) is 0 Å². The molecule has 1 aromatic rings. The standard InChI is InChI=1S/C18H28N2/c1-20-12-11-16-13-15(9-10-18(16)20)14-19-17-7-5-3-2-4-6-8-17/h9-10,13,17,19H,2-8,11-12,14H2,1H3. The van der Waals surface area contributed by atoms with Gasteiger partial charge in [-0.25, -0.2) is 0 Å². The molecule has 0 atom stereocenters. The molecule has 0 saturated heterocycles. The van der Waals surface area contributed by atoms with Crippen LogP contribution in [0.2, 0.25) is 0 Å². The molecule has 1 fully saturated rings. The van der Waals surface area contributed by atoms with Crippen molar-refractivity contribution in [3.05, 3.63) is 29.3 Å². The van der Waals surface area contributed by atoms with E-state index < -0.39 is 0 Å². The minimum atomic E-state index is 0.742. The normalized spacial score (nSPS) is 20.6. The molecule has 1 aliphatic heterocycles. The summed E-state index contributed by atoms with van der Waals surface area (Å²) < 4.78 is 0. The molecule has 0 amide bonds. The van der Waals surface area contributed by atoms with Gasteiger partial charge >= 0.3 is 0 Å². The van der Waals surface area contributed by atoms with Crippen LogP contribution in [0, 0.1) is 0 Å². The van der Waals surface area contributed by atoms with Gasteiger partial charge in [-0.1, -0.05) is 44.2 Å². The first-order valence-electron chi connectivity index (χ1n) is 8.39. The third-order valence-electron chi connectivity index (χ3n) is 4.97. The van der Waals surface area contributed by atoms with Crippen molar-refractivity contribution in [2.24, 2.45) is 0 Å². The van der Waals surface area contributed by atoms with Gasteiger partial charge in [-0.05, 0) is 36.5 Å². The third-order valence-corrected chi connectivity index (χ3v) is 4.97. The molecule has 1 aliphatic carbocycles. The molecule has 110 valence electrons. The summed E-state index contributed by atoms with van der Waals surface area (Å²) in [6, 6.07) is 7.76. The van der Waals surface area contributed by atoms with Crippen molar-refractivity contribution in [1.29, 1.82) is 0 Å². The maximum atomic E-state index is 3.79. The summed E-state index contributed by atoms with van der Waals surface area (Å²) in [7, 11) is 2.19. The Morgan fingerprint density at radius 3 is 2.65 bits per heavy atom. The summed E-state index contributed by atoms with van der Waals surface area (Å²) in [5.41, 5.74) is 4.42. The quantitative estimate of drug-likeness (QED) is 0.898. The summed E-state index contributed by atoms with van der Waals surface area (Å²) in [4.78, 5) is 2.36. The molecule has 2 nitrogen and oxygen atoms in total. The van der Waals surface area contributed by atoms with Crippen molar-refractivity contribution in [2.45, 2.75) is 64.0 Å². The molecule has 20 heavy (non-hydrogen) atoms. The zero-order chi connectivity index (χ0) is 13.8. The number of likely N-dealkylation sites (N-methyl/N-ethyl adjacent to an activating group) is 1. The van der Waals surface area contributed by atoms with E-state index in [9.17, 15) is 0 Å². The van der Waals surface area contributed by atoms with E-state index in [1.807, 2.05) is 0 Å². The first kappa shape index (κ1) is 13.9. The number of nitrogens with one attached hydrogen (secondary N) is 1. The van der Waals surface area contributed by atoms with Gasteiger partial charge in [-0.15, -0.1) is 0 Å². The van der Waals surface area contributed by atoms with Crippen LogP contribution in [0.15, 0.2) is 18.2 Å². The average Bonchev–Trinajstić information content (AvgIpc) is 2.79. The first-order valence-corrected chi connectivity index (χ1v) is 8.39. The van der Waals surface area contributed by atoms with Crippen LogP contribution in [-0.4, -0.2) is 19.6 Å². The van der Waals surface area contributed by atoms with E-state index in [1.54, 1.807) is 0 Å². The van der Waals surface area contributed by atoms with Gasteiger partial charge in [0, 0.05) is 31.9 Å². The van der Waals surface area contributed by atoms with E-state index in [2.05, 4.69) is 35.5 Å². The Labute approximate surface area is 123 Å².